The number of methoxy groups -OCH3 is 1. The maximum Gasteiger partial charge on any atom is 0.308 e. The summed E-state index contributed by atoms with van der Waals surface area (Å²) in [4.78, 5) is 16.8. The van der Waals surface area contributed by atoms with Gasteiger partial charge in [-0.3, -0.25) is 4.79 Å². The molecule has 1 aromatic heterocycles. The highest BCUT2D eigenvalue weighted by Crippen LogP contribution is 2.40. The number of hydrogen-bond acceptors (Lipinski definition) is 6. The van der Waals surface area contributed by atoms with Gasteiger partial charge < -0.3 is 9.47 Å². The number of thiophene rings is 1. The lowest BCUT2D eigenvalue weighted by Crippen LogP contribution is -2.03. The van der Waals surface area contributed by atoms with Crippen molar-refractivity contribution in [1.82, 2.24) is 0 Å². The van der Waals surface area contributed by atoms with Gasteiger partial charge in [0.25, 0.3) is 0 Å². The van der Waals surface area contributed by atoms with E-state index in [0.717, 1.165) is 35.4 Å². The first-order chi connectivity index (χ1) is 11.6. The molecule has 0 saturated carbocycles. The van der Waals surface area contributed by atoms with E-state index >= 15 is 0 Å². The van der Waals surface area contributed by atoms with Gasteiger partial charge in [-0.05, 0) is 48.6 Å². The summed E-state index contributed by atoms with van der Waals surface area (Å²) in [6, 6.07) is 7.48. The Kier molecular flexibility index (Phi) is 4.63. The Morgan fingerprint density at radius 2 is 2.21 bits per heavy atom. The Bertz CT molecular complexity index is 862. The van der Waals surface area contributed by atoms with Crippen LogP contribution in [0.25, 0.3) is 0 Å². The van der Waals surface area contributed by atoms with Gasteiger partial charge in [0, 0.05) is 18.0 Å². The Labute approximate surface area is 144 Å². The second-order valence-electron chi connectivity index (χ2n) is 5.41. The largest absolute Gasteiger partial charge is 0.493 e. The lowest BCUT2D eigenvalue weighted by atomic mass is 10.1. The minimum absolute atomic E-state index is 0.370. The highest BCUT2D eigenvalue weighted by atomic mass is 32.1. The zero-order valence-electron chi connectivity index (χ0n) is 13.5. The van der Waals surface area contributed by atoms with Crippen LogP contribution in [0.3, 0.4) is 0 Å². The summed E-state index contributed by atoms with van der Waals surface area (Å²) in [6.07, 6.45) is 4.82. The molecule has 1 aromatic carbocycles. The number of carbonyl (C=O) groups is 1. The van der Waals surface area contributed by atoms with Gasteiger partial charge in [0.1, 0.15) is 11.1 Å². The molecule has 0 fully saturated rings. The van der Waals surface area contributed by atoms with Crippen LogP contribution in [-0.4, -0.2) is 19.3 Å². The molecule has 24 heavy (non-hydrogen) atoms. The number of nitriles is 1. The molecule has 6 heteroatoms. The molecule has 0 amide bonds. The number of hydrogen-bond donors (Lipinski definition) is 0. The van der Waals surface area contributed by atoms with Crippen molar-refractivity contribution in [3.63, 3.8) is 0 Å². The van der Waals surface area contributed by atoms with Gasteiger partial charge in [-0.1, -0.05) is 0 Å². The van der Waals surface area contributed by atoms with E-state index in [4.69, 9.17) is 9.47 Å². The number of esters is 1. The minimum Gasteiger partial charge on any atom is -0.493 e. The number of carbonyl (C=O) groups excluding carboxylic acids is 1. The maximum atomic E-state index is 11.1. The molecule has 2 aromatic rings. The molecular formula is C18H16N2O3S. The average Bonchev–Trinajstić information content (AvgIpc) is 3.13. The first kappa shape index (κ1) is 16.2. The fourth-order valence-corrected chi connectivity index (χ4v) is 3.92. The second-order valence-corrected chi connectivity index (χ2v) is 6.50. The molecule has 0 saturated heterocycles. The molecule has 0 bridgehead atoms. The number of ether oxygens (including phenoxy) is 2. The Morgan fingerprint density at radius 3 is 2.92 bits per heavy atom. The molecule has 5 nitrogen and oxygen atoms in total. The smallest absolute Gasteiger partial charge is 0.308 e. The van der Waals surface area contributed by atoms with Crippen molar-refractivity contribution >= 4 is 28.5 Å². The monoisotopic (exact) mass is 340 g/mol. The number of rotatable bonds is 4. The normalized spacial score (nSPS) is 12.9. The van der Waals surface area contributed by atoms with E-state index in [2.05, 4.69) is 11.1 Å². The van der Waals surface area contributed by atoms with Gasteiger partial charge in [0.05, 0.1) is 12.7 Å². The van der Waals surface area contributed by atoms with Crippen LogP contribution >= 0.6 is 11.3 Å². The van der Waals surface area contributed by atoms with Crippen LogP contribution in [0.2, 0.25) is 0 Å². The second kappa shape index (κ2) is 6.85. The molecule has 122 valence electrons. The van der Waals surface area contributed by atoms with E-state index in [1.165, 1.54) is 18.9 Å². The molecule has 1 heterocycles. The SMILES string of the molecule is COc1cc(C=Nc2sc3c(c2C#N)CCC3)ccc1OC(C)=O. The quantitative estimate of drug-likeness (QED) is 0.482. The van der Waals surface area contributed by atoms with E-state index in [1.807, 2.05) is 0 Å². The highest BCUT2D eigenvalue weighted by molar-refractivity contribution is 7.16. The third kappa shape index (κ3) is 3.17. The van der Waals surface area contributed by atoms with Crippen LogP contribution in [-0.2, 0) is 17.6 Å². The first-order valence-corrected chi connectivity index (χ1v) is 8.39. The van der Waals surface area contributed by atoms with Crippen molar-refractivity contribution in [1.29, 1.82) is 5.26 Å². The topological polar surface area (TPSA) is 71.7 Å². The van der Waals surface area contributed by atoms with Gasteiger partial charge in [0.2, 0.25) is 0 Å². The highest BCUT2D eigenvalue weighted by Gasteiger charge is 2.21. The third-order valence-corrected chi connectivity index (χ3v) is 4.99. The first-order valence-electron chi connectivity index (χ1n) is 7.57. The van der Waals surface area contributed by atoms with Gasteiger partial charge in [-0.2, -0.15) is 5.26 Å². The summed E-state index contributed by atoms with van der Waals surface area (Å²) < 4.78 is 10.3. The van der Waals surface area contributed by atoms with Crippen LogP contribution in [0.15, 0.2) is 23.2 Å². The predicted molar refractivity (Wildman–Crippen MR) is 92.6 cm³/mol. The lowest BCUT2D eigenvalue weighted by Gasteiger charge is -2.08. The van der Waals surface area contributed by atoms with E-state index in [9.17, 15) is 10.1 Å². The van der Waals surface area contributed by atoms with Crippen LogP contribution in [0.5, 0.6) is 11.5 Å². The fourth-order valence-electron chi connectivity index (χ4n) is 2.73. The van der Waals surface area contributed by atoms with Gasteiger partial charge in [0.15, 0.2) is 11.5 Å². The van der Waals surface area contributed by atoms with Gasteiger partial charge >= 0.3 is 5.97 Å². The fraction of sp³-hybridized carbons (Fsp3) is 0.278. The number of nitrogens with zero attached hydrogens (tertiary/aromatic N) is 2. The zero-order valence-corrected chi connectivity index (χ0v) is 14.3. The Morgan fingerprint density at radius 1 is 1.38 bits per heavy atom. The van der Waals surface area contributed by atoms with Crippen molar-refractivity contribution in [2.24, 2.45) is 4.99 Å². The van der Waals surface area contributed by atoms with Crippen molar-refractivity contribution in [3.05, 3.63) is 39.8 Å². The van der Waals surface area contributed by atoms with Gasteiger partial charge in [-0.15, -0.1) is 11.3 Å². The van der Waals surface area contributed by atoms with E-state index in [-0.39, 0.29) is 0 Å². The Hall–Kier alpha value is -2.65. The van der Waals surface area contributed by atoms with E-state index in [0.29, 0.717) is 17.1 Å². The van der Waals surface area contributed by atoms with Gasteiger partial charge in [-0.25, -0.2) is 4.99 Å². The maximum absolute atomic E-state index is 11.1. The van der Waals surface area contributed by atoms with Crippen molar-refractivity contribution in [2.75, 3.05) is 7.11 Å². The number of fused-ring (bicyclic) bond motifs is 1. The summed E-state index contributed by atoms with van der Waals surface area (Å²) >= 11 is 1.59. The summed E-state index contributed by atoms with van der Waals surface area (Å²) in [7, 11) is 1.51. The van der Waals surface area contributed by atoms with Crippen molar-refractivity contribution in [2.45, 2.75) is 26.2 Å². The molecule has 3 rings (SSSR count). The van der Waals surface area contributed by atoms with Crippen LogP contribution in [0, 0.1) is 11.3 Å². The minimum atomic E-state index is -0.401. The molecule has 0 N–H and O–H groups in total. The summed E-state index contributed by atoms with van der Waals surface area (Å²) in [6.45, 7) is 1.34. The number of aliphatic imine (C=N–C) groups is 1. The zero-order chi connectivity index (χ0) is 17.1. The van der Waals surface area contributed by atoms with E-state index < -0.39 is 5.97 Å². The summed E-state index contributed by atoms with van der Waals surface area (Å²) in [5.74, 6) is 0.430. The molecule has 1 aliphatic rings. The van der Waals surface area contributed by atoms with Crippen LogP contribution < -0.4 is 9.47 Å². The molecule has 0 unspecified atom stereocenters. The molecule has 0 atom stereocenters. The Balaban J connectivity index is 1.88. The molecular weight excluding hydrogens is 324 g/mol. The summed E-state index contributed by atoms with van der Waals surface area (Å²) in [5.41, 5.74) is 2.67. The third-order valence-electron chi connectivity index (χ3n) is 3.79. The van der Waals surface area contributed by atoms with E-state index in [1.54, 1.807) is 35.8 Å². The molecule has 1 aliphatic carbocycles. The summed E-state index contributed by atoms with van der Waals surface area (Å²) in [5, 5.41) is 10.1. The lowest BCUT2D eigenvalue weighted by molar-refractivity contribution is -0.132. The standard InChI is InChI=1S/C18H16N2O3S/c1-11(21)23-15-7-6-12(8-16(15)22-2)10-20-18-14(9-19)13-4-3-5-17(13)24-18/h6-8,10H,3-5H2,1-2H3. The van der Waals surface area contributed by atoms with Crippen LogP contribution in [0.1, 0.15) is 34.9 Å². The van der Waals surface area contributed by atoms with Crippen molar-refractivity contribution in [3.8, 4) is 17.6 Å². The molecule has 0 radical (unpaired) electrons. The molecule has 0 spiro atoms. The van der Waals surface area contributed by atoms with Crippen molar-refractivity contribution < 1.29 is 14.3 Å². The number of aryl methyl sites for hydroxylation is 1. The number of benzene rings is 1. The average molecular weight is 340 g/mol. The molecule has 0 aliphatic heterocycles. The predicted octanol–water partition coefficient (Wildman–Crippen LogP) is 3.79. The van der Waals surface area contributed by atoms with Crippen LogP contribution in [0.4, 0.5) is 5.00 Å².